The lowest BCUT2D eigenvalue weighted by Gasteiger charge is -2.36. The van der Waals surface area contributed by atoms with Gasteiger partial charge in [0.1, 0.15) is 0 Å². The number of hydrogen-bond donors (Lipinski definition) is 0. The minimum atomic E-state index is -0.480. The standard InChI is InChI=1S/C18H18NO/c1-17(2)15-12-9-5-7-11-8-6-10-13(14(11)12)16(15)18(3,4)19(17)20/h5-10H,1-4H3. The molecule has 0 unspecified atom stereocenters. The van der Waals surface area contributed by atoms with Crippen molar-refractivity contribution in [3.05, 3.63) is 47.5 Å². The maximum Gasteiger partial charge on any atom is 0.0705 e. The molecule has 2 nitrogen and oxygen atoms in total. The largest absolute Gasteiger partial charge is 0.135 e. The van der Waals surface area contributed by atoms with Crippen molar-refractivity contribution in [2.75, 3.05) is 0 Å². The quantitative estimate of drug-likeness (QED) is 0.696. The first-order valence-electron chi connectivity index (χ1n) is 7.12. The van der Waals surface area contributed by atoms with E-state index in [1.54, 1.807) is 0 Å². The molecule has 0 N–H and O–H groups in total. The van der Waals surface area contributed by atoms with Gasteiger partial charge in [-0.2, -0.15) is 0 Å². The molecule has 2 aromatic rings. The monoisotopic (exact) mass is 264 g/mol. The Bertz CT molecular complexity index is 722. The number of benzene rings is 2. The molecule has 2 heteroatoms. The molecule has 4 rings (SSSR count). The molecule has 1 radical (unpaired) electrons. The molecular weight excluding hydrogens is 246 g/mol. The first-order valence-corrected chi connectivity index (χ1v) is 7.12. The Balaban J connectivity index is 2.18. The number of rotatable bonds is 0. The van der Waals surface area contributed by atoms with E-state index in [0.717, 1.165) is 0 Å². The SMILES string of the molecule is CC1(C)C2=C(c3cccc4cccc2c34)C(C)(C)N1[O]. The van der Waals surface area contributed by atoms with Crippen LogP contribution in [0.5, 0.6) is 0 Å². The maximum atomic E-state index is 12.8. The van der Waals surface area contributed by atoms with Gasteiger partial charge in [0.15, 0.2) is 0 Å². The molecular formula is C18H18NO. The van der Waals surface area contributed by atoms with E-state index in [1.165, 1.54) is 38.1 Å². The lowest BCUT2D eigenvalue weighted by Crippen LogP contribution is -2.47. The molecule has 2 aliphatic rings. The Kier molecular flexibility index (Phi) is 2.02. The second kappa shape index (κ2) is 3.33. The highest BCUT2D eigenvalue weighted by atomic mass is 16.5. The summed E-state index contributed by atoms with van der Waals surface area (Å²) >= 11 is 0. The first kappa shape index (κ1) is 12.1. The average Bonchev–Trinajstić information content (AvgIpc) is 2.82. The lowest BCUT2D eigenvalue weighted by atomic mass is 9.89. The molecule has 0 amide bonds. The summed E-state index contributed by atoms with van der Waals surface area (Å²) < 4.78 is 0. The Hall–Kier alpha value is -1.64. The topological polar surface area (TPSA) is 23.1 Å². The van der Waals surface area contributed by atoms with E-state index in [4.69, 9.17) is 0 Å². The molecule has 0 bridgehead atoms. The summed E-state index contributed by atoms with van der Waals surface area (Å²) in [6.07, 6.45) is 0. The van der Waals surface area contributed by atoms with Gasteiger partial charge in [0.25, 0.3) is 0 Å². The number of hydrogen-bond acceptors (Lipinski definition) is 1. The highest BCUT2D eigenvalue weighted by Crippen LogP contribution is 2.58. The van der Waals surface area contributed by atoms with Crippen LogP contribution in [0, 0.1) is 0 Å². The van der Waals surface area contributed by atoms with Crippen molar-refractivity contribution in [1.29, 1.82) is 0 Å². The van der Waals surface area contributed by atoms with Crippen LogP contribution in [0.4, 0.5) is 0 Å². The molecule has 1 heterocycles. The first-order chi connectivity index (χ1) is 9.37. The van der Waals surface area contributed by atoms with E-state index < -0.39 is 11.1 Å². The van der Waals surface area contributed by atoms with Crippen LogP contribution in [0.25, 0.3) is 21.9 Å². The molecule has 1 aliphatic carbocycles. The van der Waals surface area contributed by atoms with Gasteiger partial charge in [0, 0.05) is 0 Å². The van der Waals surface area contributed by atoms with Gasteiger partial charge in [0.2, 0.25) is 0 Å². The van der Waals surface area contributed by atoms with Crippen LogP contribution in [-0.2, 0) is 5.21 Å². The van der Waals surface area contributed by atoms with E-state index in [9.17, 15) is 5.21 Å². The molecule has 2 aromatic carbocycles. The fourth-order valence-corrected chi connectivity index (χ4v) is 4.20. The summed E-state index contributed by atoms with van der Waals surface area (Å²) in [5.41, 5.74) is 3.95. The van der Waals surface area contributed by atoms with Crippen LogP contribution >= 0.6 is 0 Å². The Morgan fingerprint density at radius 3 is 1.70 bits per heavy atom. The van der Waals surface area contributed by atoms with E-state index in [1.807, 2.05) is 27.7 Å². The van der Waals surface area contributed by atoms with Crippen LogP contribution in [0.1, 0.15) is 38.8 Å². The highest BCUT2D eigenvalue weighted by Gasteiger charge is 2.54. The number of fused-ring (bicyclic) bond motifs is 2. The molecule has 20 heavy (non-hydrogen) atoms. The van der Waals surface area contributed by atoms with E-state index in [0.29, 0.717) is 0 Å². The molecule has 0 saturated carbocycles. The third-order valence-corrected chi connectivity index (χ3v) is 4.93. The van der Waals surface area contributed by atoms with Crippen molar-refractivity contribution in [2.24, 2.45) is 0 Å². The lowest BCUT2D eigenvalue weighted by molar-refractivity contribution is -0.232. The van der Waals surface area contributed by atoms with Gasteiger partial charge in [-0.3, -0.25) is 0 Å². The smallest absolute Gasteiger partial charge is 0.0705 e. The van der Waals surface area contributed by atoms with Gasteiger partial charge in [-0.1, -0.05) is 36.4 Å². The summed E-state index contributed by atoms with van der Waals surface area (Å²) in [7, 11) is 0. The molecule has 0 fully saturated rings. The van der Waals surface area contributed by atoms with Crippen LogP contribution in [-0.4, -0.2) is 16.1 Å². The summed E-state index contributed by atoms with van der Waals surface area (Å²) in [6.45, 7) is 8.15. The van der Waals surface area contributed by atoms with Crippen molar-refractivity contribution in [1.82, 2.24) is 5.06 Å². The summed E-state index contributed by atoms with van der Waals surface area (Å²) in [5.74, 6) is 0. The summed E-state index contributed by atoms with van der Waals surface area (Å²) in [4.78, 5) is 0. The van der Waals surface area contributed by atoms with Crippen LogP contribution < -0.4 is 0 Å². The number of nitrogens with zero attached hydrogens (tertiary/aromatic N) is 1. The average molecular weight is 264 g/mol. The van der Waals surface area contributed by atoms with Crippen molar-refractivity contribution in [2.45, 2.75) is 38.8 Å². The number of hydroxylamine groups is 2. The summed E-state index contributed by atoms with van der Waals surface area (Å²) in [6, 6.07) is 12.8. The maximum absolute atomic E-state index is 12.8. The minimum absolute atomic E-state index is 0.480. The van der Waals surface area contributed by atoms with Crippen molar-refractivity contribution < 1.29 is 5.21 Å². The fourth-order valence-electron chi connectivity index (χ4n) is 4.20. The van der Waals surface area contributed by atoms with Crippen molar-refractivity contribution in [3.63, 3.8) is 0 Å². The minimum Gasteiger partial charge on any atom is -0.135 e. The van der Waals surface area contributed by atoms with Crippen LogP contribution in [0.15, 0.2) is 36.4 Å². The van der Waals surface area contributed by atoms with Crippen LogP contribution in [0.2, 0.25) is 0 Å². The molecule has 101 valence electrons. The zero-order valence-corrected chi connectivity index (χ0v) is 12.3. The Morgan fingerprint density at radius 2 is 1.25 bits per heavy atom. The molecule has 1 aliphatic heterocycles. The van der Waals surface area contributed by atoms with Gasteiger partial charge >= 0.3 is 0 Å². The van der Waals surface area contributed by atoms with Gasteiger partial charge < -0.3 is 0 Å². The molecule has 0 aromatic heterocycles. The van der Waals surface area contributed by atoms with E-state index in [2.05, 4.69) is 36.4 Å². The van der Waals surface area contributed by atoms with Crippen molar-refractivity contribution >= 4 is 21.9 Å². The van der Waals surface area contributed by atoms with Crippen molar-refractivity contribution in [3.8, 4) is 0 Å². The Morgan fingerprint density at radius 1 is 0.800 bits per heavy atom. The van der Waals surface area contributed by atoms with Gasteiger partial charge in [-0.05, 0) is 60.7 Å². The Labute approximate surface area is 119 Å². The molecule has 0 saturated heterocycles. The summed E-state index contributed by atoms with van der Waals surface area (Å²) in [5, 5.41) is 16.6. The zero-order chi connectivity index (χ0) is 14.3. The normalized spacial score (nSPS) is 22.6. The van der Waals surface area contributed by atoms with Gasteiger partial charge in [0.05, 0.1) is 11.1 Å². The predicted molar refractivity (Wildman–Crippen MR) is 81.4 cm³/mol. The molecule has 0 spiro atoms. The zero-order valence-electron chi connectivity index (χ0n) is 12.3. The van der Waals surface area contributed by atoms with Gasteiger partial charge in [-0.25, -0.2) is 0 Å². The van der Waals surface area contributed by atoms with E-state index in [-0.39, 0.29) is 0 Å². The van der Waals surface area contributed by atoms with Crippen LogP contribution in [0.3, 0.4) is 0 Å². The van der Waals surface area contributed by atoms with Gasteiger partial charge in [-0.15, -0.1) is 10.3 Å². The molecule has 0 atom stereocenters. The highest BCUT2D eigenvalue weighted by molar-refractivity contribution is 6.18. The predicted octanol–water partition coefficient (Wildman–Crippen LogP) is 4.28. The second-order valence-electron chi connectivity index (χ2n) is 6.87. The second-order valence-corrected chi connectivity index (χ2v) is 6.87. The fraction of sp³-hybridized carbons (Fsp3) is 0.333. The third kappa shape index (κ3) is 1.13. The van der Waals surface area contributed by atoms with E-state index >= 15 is 0 Å². The third-order valence-electron chi connectivity index (χ3n) is 4.93.